The van der Waals surface area contributed by atoms with Crippen molar-refractivity contribution in [2.24, 2.45) is 30.4 Å². The van der Waals surface area contributed by atoms with Crippen molar-refractivity contribution in [3.05, 3.63) is 68.6 Å². The zero-order valence-corrected chi connectivity index (χ0v) is 38.2. The van der Waals surface area contributed by atoms with Crippen molar-refractivity contribution in [1.82, 2.24) is 34.9 Å². The Labute approximate surface area is 383 Å². The summed E-state index contributed by atoms with van der Waals surface area (Å²) in [4.78, 5) is 108. The van der Waals surface area contributed by atoms with Gasteiger partial charge in [-0.25, -0.2) is 4.79 Å². The van der Waals surface area contributed by atoms with Gasteiger partial charge in [-0.15, -0.1) is 0 Å². The fraction of sp³-hybridized carbons (Fsp3) is 0.574. The molecule has 3 saturated heterocycles. The van der Waals surface area contributed by atoms with Crippen molar-refractivity contribution in [2.45, 2.75) is 140 Å². The van der Waals surface area contributed by atoms with E-state index in [2.05, 4.69) is 29.8 Å². The van der Waals surface area contributed by atoms with Crippen LogP contribution in [0.2, 0.25) is 5.02 Å². The first kappa shape index (κ1) is 47.4. The molecule has 1 aliphatic carbocycles. The number of hydrogen-bond donors (Lipinski definition) is 5. The van der Waals surface area contributed by atoms with Gasteiger partial charge in [0.2, 0.25) is 41.4 Å². The number of primary amides is 1. The molecule has 1 unspecified atom stereocenters. The minimum absolute atomic E-state index is 0.000193. The molecule has 7 N–H and O–H groups in total. The Morgan fingerprint density at radius 3 is 2.37 bits per heavy atom. The number of aromatic nitrogens is 2. The van der Waals surface area contributed by atoms with E-state index in [0.29, 0.717) is 47.8 Å². The van der Waals surface area contributed by atoms with Crippen LogP contribution in [-0.4, -0.2) is 97.5 Å². The zero-order chi connectivity index (χ0) is 46.7. The lowest BCUT2D eigenvalue weighted by Gasteiger charge is -2.39. The zero-order valence-electron chi connectivity index (χ0n) is 37.5. The van der Waals surface area contributed by atoms with Crippen molar-refractivity contribution in [1.29, 1.82) is 0 Å². The van der Waals surface area contributed by atoms with E-state index in [4.69, 9.17) is 23.1 Å². The van der Waals surface area contributed by atoms with Crippen molar-refractivity contribution in [3.8, 4) is 0 Å². The molecule has 4 heterocycles. The van der Waals surface area contributed by atoms with Gasteiger partial charge in [0.25, 0.3) is 0 Å². The molecule has 7 rings (SSSR count). The summed E-state index contributed by atoms with van der Waals surface area (Å²) >= 11 is 6.49. The standard InChI is InChI=1S/C47H62ClN9O8/c1-26(2)30-11-12-31(33(48)23-30)24-51-42(60)35(14-18-40(50)58)52-43(61)37-16-13-32-20-21-55(25-34(49)46(64)56(32)37)45(63)29-9-6-27(7-10-29)4-5-28-8-15-36-39(22-28)54(3)47(65)57(36)38-17-19-41(59)53-44(38)62/h8,11-12,15,22-23,26-27,29,32,34-35,37-38H,4-7,9-10,13-14,16-21,24-25,49H2,1-3H3,(H2,50,58)(H,51,60)(H,52,61)(H,53,59,62)/t27?,29?,32-,34+,35+,37+,38?/m1/s1. The van der Waals surface area contributed by atoms with Gasteiger partial charge in [-0.05, 0) is 117 Å². The van der Waals surface area contributed by atoms with Crippen LogP contribution < -0.4 is 33.1 Å². The first-order chi connectivity index (χ1) is 31.0. The smallest absolute Gasteiger partial charge is 0.329 e. The number of piperidine rings is 1. The molecule has 2 aromatic carbocycles. The predicted octanol–water partition coefficient (Wildman–Crippen LogP) is 2.82. The van der Waals surface area contributed by atoms with Crippen LogP contribution in [-0.2, 0) is 53.6 Å². The number of imide groups is 1. The average molecular weight is 917 g/mol. The number of rotatable bonds is 14. The summed E-state index contributed by atoms with van der Waals surface area (Å²) in [6, 6.07) is 7.46. The molecule has 3 aromatic rings. The van der Waals surface area contributed by atoms with Gasteiger partial charge in [0.1, 0.15) is 24.2 Å². The summed E-state index contributed by atoms with van der Waals surface area (Å²) in [6.45, 7) is 4.65. The number of halogens is 1. The molecular weight excluding hydrogens is 854 g/mol. The average Bonchev–Trinajstić information content (AvgIpc) is 3.81. The highest BCUT2D eigenvalue weighted by Gasteiger charge is 2.45. The normalized spacial score (nSPS) is 24.3. The third kappa shape index (κ3) is 10.6. The van der Waals surface area contributed by atoms with E-state index in [9.17, 15) is 38.4 Å². The quantitative estimate of drug-likeness (QED) is 0.149. The van der Waals surface area contributed by atoms with Crippen LogP contribution in [0.4, 0.5) is 0 Å². The molecule has 0 spiro atoms. The van der Waals surface area contributed by atoms with E-state index in [-0.39, 0.29) is 74.2 Å². The highest BCUT2D eigenvalue weighted by molar-refractivity contribution is 6.31. The Hall–Kier alpha value is -5.55. The number of hydrogen-bond acceptors (Lipinski definition) is 9. The van der Waals surface area contributed by atoms with Gasteiger partial charge >= 0.3 is 5.69 Å². The fourth-order valence-electron chi connectivity index (χ4n) is 10.2. The second-order valence-corrected chi connectivity index (χ2v) is 19.1. The van der Waals surface area contributed by atoms with Crippen LogP contribution in [0.3, 0.4) is 0 Å². The maximum absolute atomic E-state index is 14.0. The number of carbonyl (C=O) groups is 7. The summed E-state index contributed by atoms with van der Waals surface area (Å²) < 4.78 is 3.03. The van der Waals surface area contributed by atoms with E-state index in [0.717, 1.165) is 55.2 Å². The van der Waals surface area contributed by atoms with Crippen molar-refractivity contribution < 1.29 is 33.6 Å². The van der Waals surface area contributed by atoms with Gasteiger partial charge in [-0.3, -0.25) is 48.0 Å². The Morgan fingerprint density at radius 2 is 1.68 bits per heavy atom. The highest BCUT2D eigenvalue weighted by atomic mass is 35.5. The first-order valence-corrected chi connectivity index (χ1v) is 23.4. The first-order valence-electron chi connectivity index (χ1n) is 23.0. The lowest BCUT2D eigenvalue weighted by Crippen LogP contribution is -2.60. The third-order valence-corrected chi connectivity index (χ3v) is 14.4. The van der Waals surface area contributed by atoms with Crippen molar-refractivity contribution in [2.75, 3.05) is 13.1 Å². The Bertz CT molecular complexity index is 2400. The number of imidazole rings is 1. The minimum atomic E-state index is -1.09. The summed E-state index contributed by atoms with van der Waals surface area (Å²) in [5, 5.41) is 8.46. The Kier molecular flexibility index (Phi) is 14.8. The molecule has 17 nitrogen and oxygen atoms in total. The summed E-state index contributed by atoms with van der Waals surface area (Å²) in [5.74, 6) is -2.35. The number of nitrogens with zero attached hydrogens (tertiary/aromatic N) is 4. The van der Waals surface area contributed by atoms with Crippen LogP contribution in [0, 0.1) is 11.8 Å². The van der Waals surface area contributed by atoms with Crippen molar-refractivity contribution >= 4 is 64.0 Å². The van der Waals surface area contributed by atoms with Crippen molar-refractivity contribution in [3.63, 3.8) is 0 Å². The second kappa shape index (κ2) is 20.3. The second-order valence-electron chi connectivity index (χ2n) is 18.7. The van der Waals surface area contributed by atoms with Gasteiger partial charge in [-0.2, -0.15) is 0 Å². The largest absolute Gasteiger partial charge is 0.370 e. The van der Waals surface area contributed by atoms with Crippen LogP contribution >= 0.6 is 11.6 Å². The number of nitrogens with two attached hydrogens (primary N) is 2. The molecule has 4 fully saturated rings. The maximum Gasteiger partial charge on any atom is 0.329 e. The minimum Gasteiger partial charge on any atom is -0.370 e. The molecule has 0 bridgehead atoms. The number of fused-ring (bicyclic) bond motifs is 2. The van der Waals surface area contributed by atoms with Gasteiger partial charge in [-0.1, -0.05) is 43.6 Å². The molecule has 1 saturated carbocycles. The van der Waals surface area contributed by atoms with Gasteiger partial charge in [0.05, 0.1) is 11.0 Å². The third-order valence-electron chi connectivity index (χ3n) is 14.1. The monoisotopic (exact) mass is 915 g/mol. The van der Waals surface area contributed by atoms with E-state index >= 15 is 0 Å². The molecule has 65 heavy (non-hydrogen) atoms. The molecule has 7 amide bonds. The molecule has 350 valence electrons. The molecule has 3 aliphatic heterocycles. The lowest BCUT2D eigenvalue weighted by atomic mass is 9.79. The molecule has 4 aliphatic rings. The predicted molar refractivity (Wildman–Crippen MR) is 243 cm³/mol. The summed E-state index contributed by atoms with van der Waals surface area (Å²) in [7, 11) is 1.69. The SMILES string of the molecule is CC(C)c1ccc(CNC(=O)[C@H](CCC(N)=O)NC(=O)[C@@H]2CC[C@@H]3CCN(C(=O)C4CCC(CCc5ccc6c(c5)n(C)c(=O)n6C5CCC(=O)NC5=O)CC4)C[C@H](N)C(=O)N32)c(Cl)c1. The molecule has 1 aromatic heterocycles. The molecular formula is C47H62ClN9O8. The van der Waals surface area contributed by atoms with Crippen LogP contribution in [0.15, 0.2) is 41.2 Å². The number of nitrogens with one attached hydrogen (secondary N) is 3. The number of carbonyl (C=O) groups excluding carboxylic acids is 7. The van der Waals surface area contributed by atoms with E-state index in [1.165, 1.54) is 9.47 Å². The molecule has 5 atom stereocenters. The Balaban J connectivity index is 0.906. The maximum atomic E-state index is 14.0. The number of amides is 7. The van der Waals surface area contributed by atoms with Gasteiger partial charge < -0.3 is 31.9 Å². The number of aryl methyl sites for hydroxylation is 2. The number of benzene rings is 2. The van der Waals surface area contributed by atoms with Crippen LogP contribution in [0.5, 0.6) is 0 Å². The molecule has 0 radical (unpaired) electrons. The van der Waals surface area contributed by atoms with Crippen LogP contribution in [0.25, 0.3) is 11.0 Å². The van der Waals surface area contributed by atoms with Crippen LogP contribution in [0.1, 0.15) is 120 Å². The van der Waals surface area contributed by atoms with E-state index in [1.807, 2.05) is 36.4 Å². The fourth-order valence-corrected chi connectivity index (χ4v) is 10.4. The van der Waals surface area contributed by atoms with Gasteiger partial charge in [0, 0.05) is 56.5 Å². The highest BCUT2D eigenvalue weighted by Crippen LogP contribution is 2.35. The lowest BCUT2D eigenvalue weighted by molar-refractivity contribution is -0.146. The molecule has 18 heteroatoms. The summed E-state index contributed by atoms with van der Waals surface area (Å²) in [6.07, 6.45) is 6.59. The van der Waals surface area contributed by atoms with Gasteiger partial charge in [0.15, 0.2) is 0 Å². The Morgan fingerprint density at radius 1 is 0.923 bits per heavy atom. The van der Waals surface area contributed by atoms with E-state index in [1.54, 1.807) is 16.5 Å². The summed E-state index contributed by atoms with van der Waals surface area (Å²) in [5.41, 5.74) is 15.8. The topological polar surface area (TPSA) is 241 Å². The van der Waals surface area contributed by atoms with E-state index < -0.39 is 53.7 Å².